The van der Waals surface area contributed by atoms with Crippen molar-refractivity contribution >= 4 is 23.3 Å². The Labute approximate surface area is 125 Å². The topological polar surface area (TPSA) is 4.93 Å². The Kier molecular flexibility index (Phi) is 5.92. The predicted molar refractivity (Wildman–Crippen MR) is 80.5 cm³/mol. The second-order valence-corrected chi connectivity index (χ2v) is 17.8. The Morgan fingerprint density at radius 3 is 1.94 bits per heavy atom. The normalized spacial score (nSPS) is 14.2. The summed E-state index contributed by atoms with van der Waals surface area (Å²) in [7, 11) is -0.690. The molecular weight excluding hydrogens is 409 g/mol. The molecule has 0 aromatic carbocycles. The number of aromatic nitrogens is 1. The molecule has 0 spiro atoms. The van der Waals surface area contributed by atoms with Gasteiger partial charge < -0.3 is 0 Å². The fourth-order valence-electron chi connectivity index (χ4n) is 2.09. The van der Waals surface area contributed by atoms with E-state index in [1.54, 1.807) is 0 Å². The molecule has 0 radical (unpaired) electrons. The Bertz CT molecular complexity index is 352. The molecule has 0 aliphatic heterocycles. The van der Waals surface area contributed by atoms with Crippen LogP contribution in [-0.4, -0.2) is 18.4 Å². The molecule has 4 heteroatoms. The van der Waals surface area contributed by atoms with Crippen LogP contribution in [0.5, 0.6) is 0 Å². The first-order valence-corrected chi connectivity index (χ1v) is 12.4. The van der Waals surface area contributed by atoms with Gasteiger partial charge in [0.05, 0.1) is 0 Å². The maximum absolute atomic E-state index is 3.59. The standard InChI is InChI=1S/C13H24BrINS/c1-10(2)15-17(11(3)4,12(5)6)16-8-7-13(14)9-16/h7-12H,1-6H3/q-1. The molecule has 0 amide bonds. The zero-order valence-electron chi connectivity index (χ0n) is 11.6. The molecule has 0 aliphatic carbocycles. The van der Waals surface area contributed by atoms with Crippen molar-refractivity contribution in [3.05, 3.63) is 22.9 Å². The van der Waals surface area contributed by atoms with E-state index in [4.69, 9.17) is 0 Å². The van der Waals surface area contributed by atoms with Crippen molar-refractivity contribution in [1.29, 1.82) is 0 Å². The molecule has 17 heavy (non-hydrogen) atoms. The van der Waals surface area contributed by atoms with Crippen LogP contribution >= 0.6 is 23.3 Å². The predicted octanol–water partition coefficient (Wildman–Crippen LogP) is 2.05. The van der Waals surface area contributed by atoms with Gasteiger partial charge in [-0.1, -0.05) is 0 Å². The number of halogens is 2. The van der Waals surface area contributed by atoms with Crippen LogP contribution in [0.3, 0.4) is 0 Å². The summed E-state index contributed by atoms with van der Waals surface area (Å²) in [6.45, 7) is 14.4. The van der Waals surface area contributed by atoms with Gasteiger partial charge in [0.2, 0.25) is 0 Å². The first kappa shape index (κ1) is 15.9. The third kappa shape index (κ3) is 3.44. The fraction of sp³-hybridized carbons (Fsp3) is 0.692. The molecule has 0 saturated carbocycles. The van der Waals surface area contributed by atoms with Gasteiger partial charge in [0.25, 0.3) is 0 Å². The molecule has 1 aromatic rings. The Balaban J connectivity index is 3.24. The van der Waals surface area contributed by atoms with Crippen LogP contribution in [0, 0.1) is 0 Å². The van der Waals surface area contributed by atoms with Crippen molar-refractivity contribution in [3.63, 3.8) is 0 Å². The molecule has 102 valence electrons. The summed E-state index contributed by atoms with van der Waals surface area (Å²) in [6, 6.07) is 2.18. The van der Waals surface area contributed by atoms with Crippen molar-refractivity contribution in [2.24, 2.45) is 0 Å². The van der Waals surface area contributed by atoms with E-state index in [0.717, 1.165) is 14.4 Å². The molecule has 1 rings (SSSR count). The van der Waals surface area contributed by atoms with Gasteiger partial charge in [0.1, 0.15) is 0 Å². The monoisotopic (exact) mass is 432 g/mol. The summed E-state index contributed by atoms with van der Waals surface area (Å²) >= 11 is 3.79. The van der Waals surface area contributed by atoms with Crippen LogP contribution in [0.2, 0.25) is 0 Å². The number of rotatable bonds is 5. The van der Waals surface area contributed by atoms with Crippen LogP contribution in [0.1, 0.15) is 41.5 Å². The van der Waals surface area contributed by atoms with Crippen molar-refractivity contribution in [2.45, 2.75) is 56.0 Å². The number of alkyl halides is 1. The first-order chi connectivity index (χ1) is 7.80. The van der Waals surface area contributed by atoms with Crippen molar-refractivity contribution in [3.8, 4) is 0 Å². The maximum atomic E-state index is 3.59. The van der Waals surface area contributed by atoms with Crippen LogP contribution in [-0.2, 0) is 0 Å². The Morgan fingerprint density at radius 1 is 1.12 bits per heavy atom. The van der Waals surface area contributed by atoms with Gasteiger partial charge in [-0.15, -0.1) is 0 Å². The molecule has 0 fully saturated rings. The summed E-state index contributed by atoms with van der Waals surface area (Å²) in [5.41, 5.74) is 0. The van der Waals surface area contributed by atoms with Gasteiger partial charge in [-0.25, -0.2) is 0 Å². The van der Waals surface area contributed by atoms with E-state index in [0.29, 0.717) is 0 Å². The molecule has 0 saturated heterocycles. The third-order valence-corrected chi connectivity index (χ3v) is 20.2. The summed E-state index contributed by atoms with van der Waals surface area (Å²) in [4.78, 5) is 0. The van der Waals surface area contributed by atoms with Gasteiger partial charge in [-0.3, -0.25) is 0 Å². The van der Waals surface area contributed by atoms with E-state index >= 15 is 0 Å². The minimum absolute atomic E-state index is 0.192. The molecule has 0 bridgehead atoms. The van der Waals surface area contributed by atoms with E-state index in [9.17, 15) is 0 Å². The summed E-state index contributed by atoms with van der Waals surface area (Å²) in [5, 5.41) is 1.52. The molecule has 0 atom stereocenters. The Morgan fingerprint density at radius 2 is 1.65 bits per heavy atom. The molecule has 0 aliphatic rings. The summed E-state index contributed by atoms with van der Waals surface area (Å²) < 4.78 is 4.62. The quantitative estimate of drug-likeness (QED) is 0.495. The van der Waals surface area contributed by atoms with E-state index < -0.39 is 7.39 Å². The average Bonchev–Trinajstić information content (AvgIpc) is 2.59. The average molecular weight is 433 g/mol. The van der Waals surface area contributed by atoms with Crippen LogP contribution in [0.15, 0.2) is 22.9 Å². The summed E-state index contributed by atoms with van der Waals surface area (Å²) in [6.07, 6.45) is 4.57. The number of nitrogens with zero attached hydrogens (tertiary/aromatic N) is 1. The van der Waals surface area contributed by atoms with Gasteiger partial charge in [0.15, 0.2) is 0 Å². The molecule has 1 heterocycles. The van der Waals surface area contributed by atoms with Gasteiger partial charge in [-0.2, -0.15) is 0 Å². The van der Waals surface area contributed by atoms with E-state index in [1.165, 1.54) is 4.47 Å². The summed E-state index contributed by atoms with van der Waals surface area (Å²) in [5.74, 6) is 0. The first-order valence-electron chi connectivity index (χ1n) is 6.11. The van der Waals surface area contributed by atoms with Crippen LogP contribution in [0.4, 0.5) is 0 Å². The van der Waals surface area contributed by atoms with E-state index in [-0.39, 0.29) is 19.8 Å². The zero-order valence-corrected chi connectivity index (χ0v) is 16.1. The molecule has 0 N–H and O–H groups in total. The fourth-order valence-corrected chi connectivity index (χ4v) is 16.2. The van der Waals surface area contributed by atoms with E-state index in [1.807, 2.05) is 0 Å². The zero-order chi connectivity index (χ0) is 13.2. The number of hydrogen-bond donors (Lipinski definition) is 0. The SMILES string of the molecule is CC(C)[I-]S(C(C)C)(C(C)C)n1ccc(Br)c1. The van der Waals surface area contributed by atoms with E-state index in [2.05, 4.69) is 79.9 Å². The van der Waals surface area contributed by atoms with Crippen molar-refractivity contribution in [1.82, 2.24) is 3.97 Å². The Hall–Kier alpha value is 0.840. The molecular formula is C13H24BrINS-. The third-order valence-electron chi connectivity index (χ3n) is 2.60. The van der Waals surface area contributed by atoms with Crippen LogP contribution < -0.4 is 19.8 Å². The van der Waals surface area contributed by atoms with Gasteiger partial charge in [-0.05, 0) is 0 Å². The van der Waals surface area contributed by atoms with Crippen molar-refractivity contribution < 1.29 is 19.8 Å². The van der Waals surface area contributed by atoms with Gasteiger partial charge in [0, 0.05) is 0 Å². The molecule has 0 unspecified atom stereocenters. The van der Waals surface area contributed by atoms with Gasteiger partial charge >= 0.3 is 126 Å². The van der Waals surface area contributed by atoms with Crippen molar-refractivity contribution in [2.75, 3.05) is 0 Å². The molecule has 1 nitrogen and oxygen atoms in total. The number of hydrogen-bond acceptors (Lipinski definition) is 0. The minimum atomic E-state index is -0.690. The van der Waals surface area contributed by atoms with Crippen LogP contribution in [0.25, 0.3) is 0 Å². The second kappa shape index (κ2) is 6.33. The second-order valence-electron chi connectivity index (χ2n) is 4.98. The molecule has 1 aromatic heterocycles.